The predicted molar refractivity (Wildman–Crippen MR) is 127 cm³/mol. The van der Waals surface area contributed by atoms with Gasteiger partial charge in [0.15, 0.2) is 0 Å². The minimum absolute atomic E-state index is 0.509. The van der Waals surface area contributed by atoms with Crippen molar-refractivity contribution >= 4 is 38.9 Å². The standard InChI is InChI=1S/C27H25N3/c1-29(23-15-11-19-7-3-5-17-9-13-21(23)25(17)19)27(28)30(2)24-16-12-20-8-4-6-18-10-14-22(24)26(18)20/h3-8,11-12,15-16,28H,9-10,13-14H2,1-2H3. The molecule has 0 atom stereocenters. The normalized spacial score (nSPS) is 13.9. The average molecular weight is 392 g/mol. The van der Waals surface area contributed by atoms with Gasteiger partial charge in [-0.15, -0.1) is 0 Å². The number of aryl methyl sites for hydroxylation is 4. The van der Waals surface area contributed by atoms with Gasteiger partial charge >= 0.3 is 0 Å². The van der Waals surface area contributed by atoms with Crippen LogP contribution >= 0.6 is 0 Å². The van der Waals surface area contributed by atoms with Crippen LogP contribution in [-0.2, 0) is 25.7 Å². The summed E-state index contributed by atoms with van der Waals surface area (Å²) in [7, 11) is 4.06. The van der Waals surface area contributed by atoms with Crippen LogP contribution in [0.2, 0.25) is 0 Å². The molecule has 148 valence electrons. The van der Waals surface area contributed by atoms with Crippen molar-refractivity contribution in [3.63, 3.8) is 0 Å². The third-order valence-electron chi connectivity index (χ3n) is 7.08. The lowest BCUT2D eigenvalue weighted by Gasteiger charge is -2.30. The Morgan fingerprint density at radius 1 is 0.633 bits per heavy atom. The second-order valence-electron chi connectivity index (χ2n) is 8.60. The Kier molecular flexibility index (Phi) is 3.70. The van der Waals surface area contributed by atoms with E-state index in [0.29, 0.717) is 5.96 Å². The largest absolute Gasteiger partial charge is 0.315 e. The van der Waals surface area contributed by atoms with Crippen molar-refractivity contribution in [1.29, 1.82) is 5.41 Å². The monoisotopic (exact) mass is 391 g/mol. The van der Waals surface area contributed by atoms with E-state index < -0.39 is 0 Å². The lowest BCUT2D eigenvalue weighted by Crippen LogP contribution is -2.40. The second kappa shape index (κ2) is 6.33. The zero-order valence-corrected chi connectivity index (χ0v) is 17.5. The first-order valence-electron chi connectivity index (χ1n) is 10.8. The third-order valence-corrected chi connectivity index (χ3v) is 7.08. The summed E-state index contributed by atoms with van der Waals surface area (Å²) in [4.78, 5) is 4.10. The van der Waals surface area contributed by atoms with E-state index in [4.69, 9.17) is 5.41 Å². The summed E-state index contributed by atoms with van der Waals surface area (Å²) in [6.07, 6.45) is 4.30. The van der Waals surface area contributed by atoms with Crippen LogP contribution in [0.5, 0.6) is 0 Å². The molecule has 3 heteroatoms. The van der Waals surface area contributed by atoms with Gasteiger partial charge in [-0.1, -0.05) is 48.5 Å². The van der Waals surface area contributed by atoms with Crippen LogP contribution in [0.15, 0.2) is 60.7 Å². The first-order chi connectivity index (χ1) is 14.6. The van der Waals surface area contributed by atoms with E-state index in [1.54, 1.807) is 0 Å². The summed E-state index contributed by atoms with van der Waals surface area (Å²) in [6.45, 7) is 0. The Morgan fingerprint density at radius 3 is 1.57 bits per heavy atom. The highest BCUT2D eigenvalue weighted by Crippen LogP contribution is 2.39. The molecule has 2 aliphatic carbocycles. The van der Waals surface area contributed by atoms with Crippen molar-refractivity contribution in [2.45, 2.75) is 25.7 Å². The maximum Gasteiger partial charge on any atom is 0.202 e. The molecule has 0 heterocycles. The smallest absolute Gasteiger partial charge is 0.202 e. The number of anilines is 2. The van der Waals surface area contributed by atoms with Gasteiger partial charge in [0.05, 0.1) is 0 Å². The van der Waals surface area contributed by atoms with Gasteiger partial charge in [0, 0.05) is 25.5 Å². The summed E-state index contributed by atoms with van der Waals surface area (Å²) in [6, 6.07) is 22.0. The summed E-state index contributed by atoms with van der Waals surface area (Å²) < 4.78 is 0. The molecule has 1 N–H and O–H groups in total. The lowest BCUT2D eigenvalue weighted by atomic mass is 10.0. The molecule has 3 nitrogen and oxygen atoms in total. The van der Waals surface area contributed by atoms with Crippen molar-refractivity contribution in [1.82, 2.24) is 0 Å². The number of benzene rings is 4. The second-order valence-corrected chi connectivity index (χ2v) is 8.60. The van der Waals surface area contributed by atoms with E-state index in [1.165, 1.54) is 43.8 Å². The van der Waals surface area contributed by atoms with Crippen LogP contribution in [0, 0.1) is 5.41 Å². The van der Waals surface area contributed by atoms with E-state index in [-0.39, 0.29) is 0 Å². The zero-order chi connectivity index (χ0) is 20.4. The van der Waals surface area contributed by atoms with E-state index in [2.05, 4.69) is 70.5 Å². The van der Waals surface area contributed by atoms with Gasteiger partial charge < -0.3 is 9.80 Å². The predicted octanol–water partition coefficient (Wildman–Crippen LogP) is 5.70. The van der Waals surface area contributed by atoms with Gasteiger partial charge in [-0.05, 0) is 81.6 Å². The minimum atomic E-state index is 0.509. The fraction of sp³-hybridized carbons (Fsp3) is 0.222. The van der Waals surface area contributed by atoms with Crippen molar-refractivity contribution in [2.24, 2.45) is 0 Å². The fourth-order valence-corrected chi connectivity index (χ4v) is 5.57. The van der Waals surface area contributed by atoms with Gasteiger partial charge in [-0.2, -0.15) is 0 Å². The molecule has 4 aromatic rings. The van der Waals surface area contributed by atoms with E-state index >= 15 is 0 Å². The molecule has 0 aromatic heterocycles. The SMILES string of the molecule is CN(C(=N)N(C)c1ccc2cccc3c2c1CC3)c1ccc2cccc3c2c1CC3. The highest BCUT2D eigenvalue weighted by atomic mass is 15.3. The maximum atomic E-state index is 9.02. The Bertz CT molecular complexity index is 1250. The summed E-state index contributed by atoms with van der Waals surface area (Å²) in [5.41, 5.74) is 7.95. The molecule has 0 radical (unpaired) electrons. The number of hydrogen-bond acceptors (Lipinski definition) is 1. The van der Waals surface area contributed by atoms with E-state index in [1.807, 2.05) is 14.1 Å². The molecule has 4 aromatic carbocycles. The average Bonchev–Trinajstić information content (AvgIpc) is 3.41. The molecule has 30 heavy (non-hydrogen) atoms. The number of guanidine groups is 1. The van der Waals surface area contributed by atoms with Gasteiger partial charge in [-0.3, -0.25) is 5.41 Å². The molecule has 0 saturated heterocycles. The van der Waals surface area contributed by atoms with Crippen molar-refractivity contribution in [3.05, 3.63) is 82.9 Å². The third kappa shape index (κ3) is 2.35. The number of rotatable bonds is 2. The van der Waals surface area contributed by atoms with Gasteiger partial charge in [-0.25, -0.2) is 0 Å². The van der Waals surface area contributed by atoms with Crippen molar-refractivity contribution in [2.75, 3.05) is 23.9 Å². The van der Waals surface area contributed by atoms with Crippen molar-refractivity contribution in [3.8, 4) is 0 Å². The molecular formula is C27H25N3. The molecule has 0 unspecified atom stereocenters. The lowest BCUT2D eigenvalue weighted by molar-refractivity contribution is 1.00. The molecule has 6 rings (SSSR count). The zero-order valence-electron chi connectivity index (χ0n) is 17.5. The Morgan fingerprint density at radius 2 is 1.10 bits per heavy atom. The number of nitrogens with zero attached hydrogens (tertiary/aromatic N) is 2. The van der Waals surface area contributed by atoms with Crippen molar-refractivity contribution < 1.29 is 0 Å². The molecule has 0 bridgehead atoms. The summed E-state index contributed by atoms with van der Waals surface area (Å²) in [5, 5.41) is 14.4. The van der Waals surface area contributed by atoms with Gasteiger partial charge in [0.1, 0.15) is 0 Å². The van der Waals surface area contributed by atoms with Crippen LogP contribution in [0.1, 0.15) is 22.3 Å². The minimum Gasteiger partial charge on any atom is -0.315 e. The fourth-order valence-electron chi connectivity index (χ4n) is 5.57. The summed E-state index contributed by atoms with van der Waals surface area (Å²) >= 11 is 0. The Balaban J connectivity index is 1.40. The molecular weight excluding hydrogens is 366 g/mol. The molecule has 0 spiro atoms. The molecule has 0 saturated carbocycles. The van der Waals surface area contributed by atoms with E-state index in [0.717, 1.165) is 37.1 Å². The van der Waals surface area contributed by atoms with Crippen LogP contribution in [0.4, 0.5) is 11.4 Å². The summed E-state index contributed by atoms with van der Waals surface area (Å²) in [5.74, 6) is 0.509. The van der Waals surface area contributed by atoms with Crippen LogP contribution in [-0.4, -0.2) is 20.1 Å². The number of hydrogen-bond donors (Lipinski definition) is 1. The molecule has 2 aliphatic rings. The molecule has 0 fully saturated rings. The van der Waals surface area contributed by atoms with Crippen LogP contribution < -0.4 is 9.80 Å². The van der Waals surface area contributed by atoms with E-state index in [9.17, 15) is 0 Å². The highest BCUT2D eigenvalue weighted by Gasteiger charge is 2.25. The van der Waals surface area contributed by atoms with Gasteiger partial charge in [0.25, 0.3) is 0 Å². The molecule has 0 amide bonds. The van der Waals surface area contributed by atoms with Crippen LogP contribution in [0.25, 0.3) is 21.5 Å². The van der Waals surface area contributed by atoms with Crippen LogP contribution in [0.3, 0.4) is 0 Å². The van der Waals surface area contributed by atoms with Gasteiger partial charge in [0.2, 0.25) is 5.96 Å². The Labute approximate surface area is 177 Å². The highest BCUT2D eigenvalue weighted by molar-refractivity contribution is 6.09. The maximum absolute atomic E-state index is 9.02. The first-order valence-corrected chi connectivity index (χ1v) is 10.8. The molecule has 0 aliphatic heterocycles. The first kappa shape index (κ1) is 17.5. The number of nitrogens with one attached hydrogen (secondary N) is 1. The Hall–Kier alpha value is -3.33. The topological polar surface area (TPSA) is 30.3 Å². The quantitative estimate of drug-likeness (QED) is 0.351.